The van der Waals surface area contributed by atoms with E-state index in [0.29, 0.717) is 24.2 Å². The van der Waals surface area contributed by atoms with Crippen molar-refractivity contribution < 1.29 is 5.11 Å². The summed E-state index contributed by atoms with van der Waals surface area (Å²) in [7, 11) is 0. The Kier molecular flexibility index (Phi) is 30.3. The molecule has 3 heterocycles. The molecule has 4 fully saturated rings. The molecule has 1 aliphatic carbocycles. The number of nitrogens with zero attached hydrogens (tertiary/aromatic N) is 3. The molecular formula is C46H105N7O. The van der Waals surface area contributed by atoms with Crippen LogP contribution in [0.4, 0.5) is 0 Å². The fourth-order valence-corrected chi connectivity index (χ4v) is 8.08. The number of aliphatic hydroxyl groups is 1. The van der Waals surface area contributed by atoms with E-state index in [1.807, 2.05) is 0 Å². The Morgan fingerprint density at radius 1 is 0.444 bits per heavy atom. The van der Waals surface area contributed by atoms with Crippen LogP contribution in [0.5, 0.6) is 0 Å². The molecule has 54 heavy (non-hydrogen) atoms. The van der Waals surface area contributed by atoms with Crippen molar-refractivity contribution in [3.63, 3.8) is 0 Å². The minimum Gasteiger partial charge on any atom is -0.393 e. The molecule has 4 aliphatic rings. The summed E-state index contributed by atoms with van der Waals surface area (Å²) in [5, 5.41) is 23.3. The van der Waals surface area contributed by atoms with E-state index in [0.717, 1.165) is 12.8 Å². The molecule has 5 N–H and O–H groups in total. The van der Waals surface area contributed by atoms with Crippen molar-refractivity contribution in [2.75, 3.05) is 58.9 Å². The quantitative estimate of drug-likeness (QED) is 0.151. The lowest BCUT2D eigenvalue weighted by molar-refractivity contribution is 0.0525. The van der Waals surface area contributed by atoms with E-state index < -0.39 is 0 Å². The maximum atomic E-state index is 8.98. The van der Waals surface area contributed by atoms with Gasteiger partial charge in [-0.1, -0.05) is 35.1 Å². The van der Waals surface area contributed by atoms with Gasteiger partial charge in [-0.2, -0.15) is 0 Å². The predicted molar refractivity (Wildman–Crippen MR) is 245 cm³/mol. The third-order valence-corrected chi connectivity index (χ3v) is 9.48. The fourth-order valence-electron chi connectivity index (χ4n) is 8.08. The summed E-state index contributed by atoms with van der Waals surface area (Å²) in [6, 6.07) is 2.37. The van der Waals surface area contributed by atoms with Gasteiger partial charge in [0.05, 0.1) is 6.10 Å². The van der Waals surface area contributed by atoms with Crippen LogP contribution >= 0.6 is 0 Å². The van der Waals surface area contributed by atoms with Crippen molar-refractivity contribution in [1.29, 1.82) is 0 Å². The van der Waals surface area contributed by atoms with E-state index in [1.165, 1.54) is 110 Å². The van der Waals surface area contributed by atoms with Crippen molar-refractivity contribution in [2.45, 2.75) is 243 Å². The molecule has 4 rings (SSSR count). The van der Waals surface area contributed by atoms with Gasteiger partial charge in [-0.05, 0) is 194 Å². The zero-order valence-corrected chi connectivity index (χ0v) is 37.1. The Hall–Kier alpha value is -0.320. The number of likely N-dealkylation sites (tertiary alicyclic amines) is 3. The third kappa shape index (κ3) is 33.8. The molecule has 0 spiro atoms. The van der Waals surface area contributed by atoms with Gasteiger partial charge in [-0.15, -0.1) is 0 Å². The van der Waals surface area contributed by atoms with Crippen LogP contribution in [0.2, 0.25) is 0 Å². The smallest absolute Gasteiger partial charge is 0.0570 e. The van der Waals surface area contributed by atoms with Gasteiger partial charge in [0.25, 0.3) is 0 Å². The van der Waals surface area contributed by atoms with Gasteiger partial charge in [0.1, 0.15) is 0 Å². The van der Waals surface area contributed by atoms with E-state index >= 15 is 0 Å². The highest BCUT2D eigenvalue weighted by molar-refractivity contribution is 4.89. The molecule has 0 aromatic carbocycles. The largest absolute Gasteiger partial charge is 0.393 e. The van der Waals surface area contributed by atoms with Crippen LogP contribution in [0.3, 0.4) is 0 Å². The molecule has 0 radical (unpaired) electrons. The second-order valence-electron chi connectivity index (χ2n) is 20.8. The topological polar surface area (TPSA) is 78.1 Å². The highest BCUT2D eigenvalue weighted by Gasteiger charge is 2.29. The van der Waals surface area contributed by atoms with Gasteiger partial charge < -0.3 is 41.1 Å². The van der Waals surface area contributed by atoms with Gasteiger partial charge in [-0.3, -0.25) is 0 Å². The molecule has 0 aromatic heterocycles. The molecule has 3 atom stereocenters. The second kappa shape index (κ2) is 28.2. The predicted octanol–water partition coefficient (Wildman–Crippen LogP) is 9.16. The molecule has 0 bridgehead atoms. The standard InChI is InChI=1S/2C12H26N2.C11H24N2.C8H17NO.3CH4/c2*1-11(13-12(2,3)4)10-14-8-6-5-7-9-14;1-10(12-11(2,3)4)9-13-7-5-6-8-13;1-8(2,3)9-6-4-7(10)5-6;;;/h2*11,13H,5-10H2,1-4H3;10,12H,5-9H2,1-4H3;6-7,9-10H,4-5H2,1-3H3;3*1H4. The van der Waals surface area contributed by atoms with Crippen LogP contribution in [0.1, 0.15) is 190 Å². The van der Waals surface area contributed by atoms with Crippen LogP contribution in [-0.2, 0) is 0 Å². The van der Waals surface area contributed by atoms with Gasteiger partial charge in [-0.25, -0.2) is 0 Å². The van der Waals surface area contributed by atoms with Gasteiger partial charge >= 0.3 is 0 Å². The first kappa shape index (κ1) is 58.0. The summed E-state index contributed by atoms with van der Waals surface area (Å²) >= 11 is 0. The summed E-state index contributed by atoms with van der Waals surface area (Å²) in [6.07, 6.45) is 13.0. The minimum absolute atomic E-state index is 0. The van der Waals surface area contributed by atoms with Crippen molar-refractivity contribution in [2.24, 2.45) is 0 Å². The van der Waals surface area contributed by atoms with Crippen LogP contribution in [0.25, 0.3) is 0 Å². The number of piperidine rings is 2. The first-order valence-corrected chi connectivity index (χ1v) is 21.3. The Balaban J connectivity index is -0.000000635. The monoisotopic (exact) mass is 772 g/mol. The number of hydrogen-bond donors (Lipinski definition) is 5. The normalized spacial score (nSPS) is 23.1. The van der Waals surface area contributed by atoms with E-state index in [4.69, 9.17) is 5.11 Å². The van der Waals surface area contributed by atoms with E-state index in [-0.39, 0.29) is 50.5 Å². The molecule has 0 aromatic rings. The molecule has 0 amide bonds. The summed E-state index contributed by atoms with van der Waals surface area (Å²) < 4.78 is 0. The van der Waals surface area contributed by atoms with E-state index in [1.54, 1.807) is 0 Å². The van der Waals surface area contributed by atoms with E-state index in [2.05, 4.69) is 140 Å². The lowest BCUT2D eigenvalue weighted by Crippen LogP contribution is -2.51. The maximum Gasteiger partial charge on any atom is 0.0570 e. The first-order valence-electron chi connectivity index (χ1n) is 21.3. The van der Waals surface area contributed by atoms with Crippen molar-refractivity contribution >= 4 is 0 Å². The summed E-state index contributed by atoms with van der Waals surface area (Å²) in [5.74, 6) is 0. The second-order valence-corrected chi connectivity index (χ2v) is 20.8. The first-order chi connectivity index (χ1) is 23.4. The molecular weight excluding hydrogens is 667 g/mol. The Labute approximate surface area is 341 Å². The third-order valence-electron chi connectivity index (χ3n) is 9.48. The maximum absolute atomic E-state index is 8.98. The van der Waals surface area contributed by atoms with Gasteiger partial charge in [0, 0.05) is 66.0 Å². The Bertz CT molecular complexity index is 810. The lowest BCUT2D eigenvalue weighted by atomic mass is 9.87. The van der Waals surface area contributed by atoms with Crippen molar-refractivity contribution in [3.8, 4) is 0 Å². The van der Waals surface area contributed by atoms with Crippen LogP contribution in [-0.4, -0.2) is 131 Å². The zero-order chi connectivity index (χ0) is 38.9. The molecule has 1 saturated carbocycles. The summed E-state index contributed by atoms with van der Waals surface area (Å²) in [4.78, 5) is 7.74. The number of aliphatic hydroxyl groups excluding tert-OH is 1. The SMILES string of the molecule is C.C.C.CC(C)(C)NC1CC(O)C1.CC(CN1CCCC1)NC(C)(C)C.CC(CN1CCCCC1)NC(C)(C)C.CC(CN1CCCCC1)NC(C)(C)C. The fraction of sp³-hybridized carbons (Fsp3) is 1.00. The van der Waals surface area contributed by atoms with Crippen LogP contribution in [0.15, 0.2) is 0 Å². The molecule has 3 unspecified atom stereocenters. The molecule has 8 nitrogen and oxygen atoms in total. The molecule has 3 aliphatic heterocycles. The highest BCUT2D eigenvalue weighted by Crippen LogP contribution is 2.21. The minimum atomic E-state index is -0.0418. The molecule has 8 heteroatoms. The lowest BCUT2D eigenvalue weighted by Gasteiger charge is -2.37. The number of hydrogen-bond acceptors (Lipinski definition) is 8. The Morgan fingerprint density at radius 3 is 0.889 bits per heavy atom. The Morgan fingerprint density at radius 2 is 0.685 bits per heavy atom. The highest BCUT2D eigenvalue weighted by atomic mass is 16.3. The molecule has 3 saturated heterocycles. The average Bonchev–Trinajstić information content (AvgIpc) is 3.43. The van der Waals surface area contributed by atoms with Crippen molar-refractivity contribution in [3.05, 3.63) is 0 Å². The zero-order valence-electron chi connectivity index (χ0n) is 37.1. The average molecular weight is 772 g/mol. The van der Waals surface area contributed by atoms with Crippen molar-refractivity contribution in [1.82, 2.24) is 36.0 Å². The molecule has 330 valence electrons. The number of nitrogens with one attached hydrogen (secondary N) is 4. The van der Waals surface area contributed by atoms with Crippen LogP contribution < -0.4 is 21.3 Å². The summed E-state index contributed by atoms with van der Waals surface area (Å²) in [6.45, 7) is 44.8. The van der Waals surface area contributed by atoms with Gasteiger partial charge in [0.2, 0.25) is 0 Å². The summed E-state index contributed by atoms with van der Waals surface area (Å²) in [5.41, 5.74) is 0.939. The van der Waals surface area contributed by atoms with Crippen LogP contribution in [0, 0.1) is 0 Å². The number of rotatable bonds is 10. The van der Waals surface area contributed by atoms with E-state index in [9.17, 15) is 0 Å². The van der Waals surface area contributed by atoms with Gasteiger partial charge in [0.15, 0.2) is 0 Å².